The Morgan fingerprint density at radius 3 is 2.27 bits per heavy atom. The Hall–Kier alpha value is -3.60. The van der Waals surface area contributed by atoms with Crippen LogP contribution in [0.3, 0.4) is 0 Å². The summed E-state index contributed by atoms with van der Waals surface area (Å²) in [6.07, 6.45) is 2.05. The first kappa shape index (κ1) is 20.0. The molecule has 1 N–H and O–H groups in total. The lowest BCUT2D eigenvalue weighted by atomic mass is 9.59. The minimum atomic E-state index is -0.368. The first-order valence-electron chi connectivity index (χ1n) is 11.7. The van der Waals surface area contributed by atoms with Crippen LogP contribution in [0.15, 0.2) is 82.0 Å². The van der Waals surface area contributed by atoms with Gasteiger partial charge in [0.15, 0.2) is 5.58 Å². The molecule has 33 heavy (non-hydrogen) atoms. The first-order chi connectivity index (χ1) is 16.2. The minimum Gasteiger partial charge on any atom is -0.408 e. The quantitative estimate of drug-likeness (QED) is 0.471. The smallest absolute Gasteiger partial charge is 0.408 e. The molecule has 1 heterocycles. The first-order valence-corrected chi connectivity index (χ1v) is 11.7. The molecule has 1 aromatic heterocycles. The van der Waals surface area contributed by atoms with Crippen molar-refractivity contribution in [2.45, 2.75) is 37.6 Å². The van der Waals surface area contributed by atoms with Crippen molar-refractivity contribution in [2.75, 3.05) is 6.54 Å². The molecule has 166 valence electrons. The van der Waals surface area contributed by atoms with Crippen molar-refractivity contribution in [3.8, 4) is 0 Å². The molecule has 0 fully saturated rings. The Balaban J connectivity index is 1.11. The van der Waals surface area contributed by atoms with Crippen LogP contribution >= 0.6 is 0 Å². The zero-order chi connectivity index (χ0) is 22.4. The monoisotopic (exact) mass is 438 g/mol. The second-order valence-corrected chi connectivity index (χ2v) is 9.18. The molecule has 0 unspecified atom stereocenters. The summed E-state index contributed by atoms with van der Waals surface area (Å²) >= 11 is 0. The maximum absolute atomic E-state index is 12.6. The van der Waals surface area contributed by atoms with Crippen molar-refractivity contribution in [3.63, 3.8) is 0 Å². The Morgan fingerprint density at radius 1 is 0.909 bits per heavy atom. The van der Waals surface area contributed by atoms with E-state index >= 15 is 0 Å². The lowest BCUT2D eigenvalue weighted by Crippen LogP contribution is -2.39. The van der Waals surface area contributed by atoms with Crippen LogP contribution in [0.5, 0.6) is 0 Å². The Bertz CT molecular complexity index is 1350. The SMILES string of the molecule is O=C(CCCn1c(=O)oc2ccccc21)NC[C@H]1CC2c3ccccc3C1c1ccccc12. The average molecular weight is 439 g/mol. The van der Waals surface area contributed by atoms with Crippen LogP contribution in [0.25, 0.3) is 11.1 Å². The van der Waals surface area contributed by atoms with E-state index in [1.165, 1.54) is 22.3 Å². The number of aryl methyl sites for hydroxylation is 1. The molecule has 0 aliphatic heterocycles. The zero-order valence-electron chi connectivity index (χ0n) is 18.4. The normalized spacial score (nSPS) is 20.4. The van der Waals surface area contributed by atoms with Gasteiger partial charge in [0, 0.05) is 31.3 Å². The molecular weight excluding hydrogens is 412 g/mol. The predicted octanol–water partition coefficient (Wildman–Crippen LogP) is 4.79. The number of hydrogen-bond acceptors (Lipinski definition) is 3. The fourth-order valence-corrected chi connectivity index (χ4v) is 5.92. The van der Waals surface area contributed by atoms with Crippen molar-refractivity contribution in [2.24, 2.45) is 5.92 Å². The van der Waals surface area contributed by atoms with E-state index in [4.69, 9.17) is 4.42 Å². The molecule has 1 atom stereocenters. The summed E-state index contributed by atoms with van der Waals surface area (Å²) < 4.78 is 6.88. The lowest BCUT2D eigenvalue weighted by Gasteiger charge is -2.45. The Labute approximate surface area is 192 Å². The van der Waals surface area contributed by atoms with Crippen molar-refractivity contribution < 1.29 is 9.21 Å². The third-order valence-corrected chi connectivity index (χ3v) is 7.34. The van der Waals surface area contributed by atoms with Crippen molar-refractivity contribution in [1.82, 2.24) is 9.88 Å². The maximum Gasteiger partial charge on any atom is 0.419 e. The fourth-order valence-electron chi connectivity index (χ4n) is 5.92. The minimum absolute atomic E-state index is 0.0406. The molecular formula is C28H26N2O3. The number of hydrogen-bond donors (Lipinski definition) is 1. The standard InChI is InChI=1S/C28H26N2O3/c31-26(14-7-15-30-24-12-5-6-13-25(24)33-28(30)32)29-17-18-16-23-19-8-1-3-10-21(19)27(18)22-11-4-2-9-20(22)23/h1-6,8-13,18,23,27H,7,14-17H2,(H,29,31)/t18-,23?,27?/m1/s1. The average Bonchev–Trinajstić information content (AvgIpc) is 3.18. The highest BCUT2D eigenvalue weighted by molar-refractivity contribution is 5.76. The molecule has 1 amide bonds. The lowest BCUT2D eigenvalue weighted by molar-refractivity contribution is -0.121. The number of aromatic nitrogens is 1. The van der Waals surface area contributed by atoms with Crippen LogP contribution in [0.2, 0.25) is 0 Å². The summed E-state index contributed by atoms with van der Waals surface area (Å²) in [6.45, 7) is 1.15. The molecule has 3 aromatic carbocycles. The van der Waals surface area contributed by atoms with E-state index in [2.05, 4.69) is 53.8 Å². The van der Waals surface area contributed by atoms with Gasteiger partial charge in [-0.2, -0.15) is 0 Å². The van der Waals surface area contributed by atoms with E-state index in [-0.39, 0.29) is 11.7 Å². The number of nitrogens with zero attached hydrogens (tertiary/aromatic N) is 1. The van der Waals surface area contributed by atoms with E-state index in [9.17, 15) is 9.59 Å². The highest BCUT2D eigenvalue weighted by Crippen LogP contribution is 2.55. The van der Waals surface area contributed by atoms with Crippen molar-refractivity contribution in [3.05, 3.63) is 106 Å². The summed E-state index contributed by atoms with van der Waals surface area (Å²) in [7, 11) is 0. The van der Waals surface area contributed by atoms with E-state index in [0.717, 1.165) is 11.9 Å². The number of rotatable bonds is 6. The van der Waals surface area contributed by atoms with Gasteiger partial charge in [-0.25, -0.2) is 4.79 Å². The van der Waals surface area contributed by atoms with E-state index in [1.54, 1.807) is 10.6 Å². The number of carbonyl (C=O) groups excluding carboxylic acids is 1. The van der Waals surface area contributed by atoms with E-state index < -0.39 is 0 Å². The number of fused-ring (bicyclic) bond motifs is 2. The molecule has 3 aliphatic rings. The highest BCUT2D eigenvalue weighted by Gasteiger charge is 2.42. The zero-order valence-corrected chi connectivity index (χ0v) is 18.4. The van der Waals surface area contributed by atoms with E-state index in [1.807, 2.05) is 18.2 Å². The summed E-state index contributed by atoms with van der Waals surface area (Å²) in [6, 6.07) is 24.9. The summed E-state index contributed by atoms with van der Waals surface area (Å²) in [5.74, 6) is 0.805. The summed E-state index contributed by atoms with van der Waals surface area (Å²) in [4.78, 5) is 24.8. The molecule has 7 rings (SSSR count). The Morgan fingerprint density at radius 2 is 1.55 bits per heavy atom. The number of oxazole rings is 1. The van der Waals surface area contributed by atoms with Crippen molar-refractivity contribution >= 4 is 17.0 Å². The summed E-state index contributed by atoms with van der Waals surface area (Å²) in [5.41, 5.74) is 7.08. The molecule has 0 radical (unpaired) electrons. The van der Waals surface area contributed by atoms with Gasteiger partial charge in [-0.05, 0) is 53.1 Å². The van der Waals surface area contributed by atoms with Gasteiger partial charge in [-0.1, -0.05) is 60.7 Å². The van der Waals surface area contributed by atoms with Crippen LogP contribution in [0.4, 0.5) is 0 Å². The Kier molecular flexibility index (Phi) is 4.90. The molecule has 0 saturated carbocycles. The molecule has 2 bridgehead atoms. The van der Waals surface area contributed by atoms with Crippen LogP contribution in [-0.4, -0.2) is 17.0 Å². The van der Waals surface area contributed by atoms with Gasteiger partial charge in [0.05, 0.1) is 5.52 Å². The largest absolute Gasteiger partial charge is 0.419 e. The van der Waals surface area contributed by atoms with Gasteiger partial charge in [-0.3, -0.25) is 9.36 Å². The van der Waals surface area contributed by atoms with Gasteiger partial charge >= 0.3 is 5.76 Å². The van der Waals surface area contributed by atoms with Crippen LogP contribution in [0, 0.1) is 5.92 Å². The number of nitrogens with one attached hydrogen (secondary N) is 1. The topological polar surface area (TPSA) is 64.2 Å². The van der Waals surface area contributed by atoms with Gasteiger partial charge in [0.2, 0.25) is 5.91 Å². The molecule has 0 spiro atoms. The maximum atomic E-state index is 12.6. The van der Waals surface area contributed by atoms with E-state index in [0.29, 0.717) is 49.3 Å². The second kappa shape index (κ2) is 8.07. The highest BCUT2D eigenvalue weighted by atomic mass is 16.4. The van der Waals surface area contributed by atoms with Gasteiger partial charge in [-0.15, -0.1) is 0 Å². The third kappa shape index (κ3) is 3.39. The van der Waals surface area contributed by atoms with Crippen molar-refractivity contribution in [1.29, 1.82) is 0 Å². The van der Waals surface area contributed by atoms with Crippen LogP contribution < -0.4 is 11.1 Å². The molecule has 0 saturated heterocycles. The molecule has 4 aromatic rings. The summed E-state index contributed by atoms with van der Waals surface area (Å²) in [5, 5.41) is 3.18. The fraction of sp³-hybridized carbons (Fsp3) is 0.286. The molecule has 5 nitrogen and oxygen atoms in total. The van der Waals surface area contributed by atoms with Crippen LogP contribution in [-0.2, 0) is 11.3 Å². The third-order valence-electron chi connectivity index (χ3n) is 7.34. The number of para-hydroxylation sites is 2. The molecule has 3 aliphatic carbocycles. The number of carbonyl (C=O) groups is 1. The van der Waals surface area contributed by atoms with Gasteiger partial charge in [0.25, 0.3) is 0 Å². The second-order valence-electron chi connectivity index (χ2n) is 9.18. The number of benzene rings is 3. The molecule has 5 heteroatoms. The van der Waals surface area contributed by atoms with Gasteiger partial charge in [0.1, 0.15) is 0 Å². The van der Waals surface area contributed by atoms with Gasteiger partial charge < -0.3 is 9.73 Å². The number of amides is 1. The predicted molar refractivity (Wildman–Crippen MR) is 127 cm³/mol. The van der Waals surface area contributed by atoms with Crippen LogP contribution in [0.1, 0.15) is 53.4 Å².